The van der Waals surface area contributed by atoms with Crippen molar-refractivity contribution in [3.63, 3.8) is 0 Å². The molecule has 2 rings (SSSR count). The van der Waals surface area contributed by atoms with E-state index >= 15 is 0 Å². The van der Waals surface area contributed by atoms with Crippen LogP contribution < -0.4 is 4.74 Å². The Morgan fingerprint density at radius 2 is 2.29 bits per heavy atom. The quantitative estimate of drug-likeness (QED) is 0.691. The molecule has 1 aromatic carbocycles. The van der Waals surface area contributed by atoms with Crippen LogP contribution in [0, 0.1) is 5.82 Å². The van der Waals surface area contributed by atoms with Gasteiger partial charge in [0.25, 0.3) is 0 Å². The Balaban J connectivity index is 2.15. The molecule has 2 nitrogen and oxygen atoms in total. The van der Waals surface area contributed by atoms with Gasteiger partial charge in [0.1, 0.15) is 0 Å². The molecule has 0 saturated carbocycles. The molecule has 3 heteroatoms. The van der Waals surface area contributed by atoms with Crippen molar-refractivity contribution < 1.29 is 13.9 Å². The average molecular weight is 196 g/mol. The van der Waals surface area contributed by atoms with Crippen molar-refractivity contribution in [1.29, 1.82) is 0 Å². The van der Waals surface area contributed by atoms with Gasteiger partial charge >= 0.3 is 0 Å². The van der Waals surface area contributed by atoms with Crippen LogP contribution in [0.15, 0.2) is 18.2 Å². The average Bonchev–Trinajstić information content (AvgIpc) is 2.84. The van der Waals surface area contributed by atoms with Gasteiger partial charge in [0.05, 0.1) is 19.3 Å². The molecule has 1 aromatic rings. The smallest absolute Gasteiger partial charge is 0.165 e. The Morgan fingerprint density at radius 3 is 2.79 bits per heavy atom. The molecule has 1 aliphatic heterocycles. The molecule has 1 heterocycles. The van der Waals surface area contributed by atoms with Crippen molar-refractivity contribution in [3.8, 4) is 5.75 Å². The Kier molecular flexibility index (Phi) is 2.19. The standard InChI is InChI=1S/C11H13FO2/c1-11(7-14-11)6-8-3-4-10(13-2)9(12)5-8/h3-5H,6-7H2,1-2H3. The van der Waals surface area contributed by atoms with Crippen molar-refractivity contribution in [2.45, 2.75) is 18.9 Å². The highest BCUT2D eigenvalue weighted by Gasteiger charge is 2.39. The van der Waals surface area contributed by atoms with Crippen molar-refractivity contribution in [3.05, 3.63) is 29.6 Å². The minimum Gasteiger partial charge on any atom is -0.494 e. The molecule has 1 atom stereocenters. The maximum absolute atomic E-state index is 13.3. The van der Waals surface area contributed by atoms with E-state index in [1.807, 2.05) is 13.0 Å². The number of benzene rings is 1. The summed E-state index contributed by atoms with van der Waals surface area (Å²) in [5, 5.41) is 0. The van der Waals surface area contributed by atoms with Crippen molar-refractivity contribution >= 4 is 0 Å². The lowest BCUT2D eigenvalue weighted by molar-refractivity contribution is 0.321. The molecular weight excluding hydrogens is 183 g/mol. The molecule has 0 aromatic heterocycles. The van der Waals surface area contributed by atoms with Crippen LogP contribution in [0.25, 0.3) is 0 Å². The highest BCUT2D eigenvalue weighted by atomic mass is 19.1. The lowest BCUT2D eigenvalue weighted by Gasteiger charge is -2.07. The van der Waals surface area contributed by atoms with Crippen LogP contribution in [0.3, 0.4) is 0 Å². The maximum Gasteiger partial charge on any atom is 0.165 e. The topological polar surface area (TPSA) is 21.8 Å². The highest BCUT2D eigenvalue weighted by molar-refractivity contribution is 5.30. The normalized spacial score (nSPS) is 24.8. The molecule has 0 bridgehead atoms. The Bertz CT molecular complexity index is 345. The van der Waals surface area contributed by atoms with Crippen LogP contribution in [-0.2, 0) is 11.2 Å². The van der Waals surface area contributed by atoms with E-state index in [2.05, 4.69) is 0 Å². The van der Waals surface area contributed by atoms with Crippen LogP contribution in [0.5, 0.6) is 5.75 Å². The van der Waals surface area contributed by atoms with Crippen LogP contribution in [-0.4, -0.2) is 19.3 Å². The number of halogens is 1. The summed E-state index contributed by atoms with van der Waals surface area (Å²) >= 11 is 0. The molecule has 0 N–H and O–H groups in total. The fourth-order valence-electron chi connectivity index (χ4n) is 1.48. The van der Waals surface area contributed by atoms with Gasteiger partial charge in [0.2, 0.25) is 0 Å². The fourth-order valence-corrected chi connectivity index (χ4v) is 1.48. The Labute approximate surface area is 82.6 Å². The summed E-state index contributed by atoms with van der Waals surface area (Å²) in [6.07, 6.45) is 0.758. The van der Waals surface area contributed by atoms with E-state index in [4.69, 9.17) is 9.47 Å². The van der Waals surface area contributed by atoms with Crippen LogP contribution in [0.4, 0.5) is 4.39 Å². The molecule has 14 heavy (non-hydrogen) atoms. The van der Waals surface area contributed by atoms with Crippen molar-refractivity contribution in [2.75, 3.05) is 13.7 Å². The van der Waals surface area contributed by atoms with E-state index in [0.717, 1.165) is 18.6 Å². The zero-order valence-electron chi connectivity index (χ0n) is 8.34. The first-order valence-electron chi connectivity index (χ1n) is 4.59. The van der Waals surface area contributed by atoms with E-state index < -0.39 is 0 Å². The van der Waals surface area contributed by atoms with Gasteiger partial charge in [-0.05, 0) is 24.6 Å². The summed E-state index contributed by atoms with van der Waals surface area (Å²) in [6.45, 7) is 2.79. The second kappa shape index (κ2) is 3.24. The van der Waals surface area contributed by atoms with Gasteiger partial charge in [-0.25, -0.2) is 4.39 Å². The SMILES string of the molecule is COc1ccc(CC2(C)CO2)cc1F. The first-order valence-corrected chi connectivity index (χ1v) is 4.59. The number of hydrogen-bond acceptors (Lipinski definition) is 2. The van der Waals surface area contributed by atoms with Gasteiger partial charge in [-0.2, -0.15) is 0 Å². The third-order valence-corrected chi connectivity index (χ3v) is 2.43. The molecule has 1 saturated heterocycles. The molecular formula is C11H13FO2. The molecule has 1 fully saturated rings. The zero-order valence-corrected chi connectivity index (χ0v) is 8.34. The summed E-state index contributed by atoms with van der Waals surface area (Å²) in [6, 6.07) is 5.02. The summed E-state index contributed by atoms with van der Waals surface area (Å²) < 4.78 is 23.4. The number of ether oxygens (including phenoxy) is 2. The monoisotopic (exact) mass is 196 g/mol. The molecule has 0 amide bonds. The van der Waals surface area contributed by atoms with Crippen LogP contribution in [0.1, 0.15) is 12.5 Å². The Morgan fingerprint density at radius 1 is 1.57 bits per heavy atom. The van der Waals surface area contributed by atoms with Gasteiger partial charge < -0.3 is 9.47 Å². The van der Waals surface area contributed by atoms with Gasteiger partial charge in [-0.1, -0.05) is 6.07 Å². The van der Waals surface area contributed by atoms with Gasteiger partial charge in [0, 0.05) is 6.42 Å². The lowest BCUT2D eigenvalue weighted by atomic mass is 10.0. The largest absolute Gasteiger partial charge is 0.494 e. The molecule has 0 aliphatic carbocycles. The van der Waals surface area contributed by atoms with E-state index in [1.54, 1.807) is 6.07 Å². The molecule has 1 aliphatic rings. The van der Waals surface area contributed by atoms with Gasteiger partial charge in [-0.15, -0.1) is 0 Å². The van der Waals surface area contributed by atoms with Gasteiger partial charge in [-0.3, -0.25) is 0 Å². The van der Waals surface area contributed by atoms with E-state index in [0.29, 0.717) is 0 Å². The summed E-state index contributed by atoms with van der Waals surface area (Å²) in [5.41, 5.74) is 0.879. The Hall–Kier alpha value is -1.09. The molecule has 0 spiro atoms. The number of rotatable bonds is 3. The molecule has 0 radical (unpaired) electrons. The molecule has 1 unspecified atom stereocenters. The highest BCUT2D eigenvalue weighted by Crippen LogP contribution is 2.31. The van der Waals surface area contributed by atoms with Gasteiger partial charge in [0.15, 0.2) is 11.6 Å². The summed E-state index contributed by atoms with van der Waals surface area (Å²) in [7, 11) is 1.46. The fraction of sp³-hybridized carbons (Fsp3) is 0.455. The minimum atomic E-state index is -0.311. The summed E-state index contributed by atoms with van der Waals surface area (Å²) in [5.74, 6) is -0.0233. The third kappa shape index (κ3) is 1.87. The predicted molar refractivity (Wildman–Crippen MR) is 51.0 cm³/mol. The maximum atomic E-state index is 13.3. The minimum absolute atomic E-state index is 0.0684. The third-order valence-electron chi connectivity index (χ3n) is 2.43. The van der Waals surface area contributed by atoms with Crippen LogP contribution in [0.2, 0.25) is 0 Å². The van der Waals surface area contributed by atoms with E-state index in [1.165, 1.54) is 13.2 Å². The number of hydrogen-bond donors (Lipinski definition) is 0. The van der Waals surface area contributed by atoms with E-state index in [9.17, 15) is 4.39 Å². The second-order valence-corrected chi connectivity index (χ2v) is 3.88. The van der Waals surface area contributed by atoms with E-state index in [-0.39, 0.29) is 17.2 Å². The first-order chi connectivity index (χ1) is 6.63. The van der Waals surface area contributed by atoms with Crippen molar-refractivity contribution in [2.24, 2.45) is 0 Å². The second-order valence-electron chi connectivity index (χ2n) is 3.88. The first kappa shape index (κ1) is 9.46. The number of epoxide rings is 1. The van der Waals surface area contributed by atoms with Crippen LogP contribution >= 0.6 is 0 Å². The summed E-state index contributed by atoms with van der Waals surface area (Å²) in [4.78, 5) is 0. The number of methoxy groups -OCH3 is 1. The molecule has 76 valence electrons. The predicted octanol–water partition coefficient (Wildman–Crippen LogP) is 2.17. The van der Waals surface area contributed by atoms with Crippen molar-refractivity contribution in [1.82, 2.24) is 0 Å². The zero-order chi connectivity index (χ0) is 10.2. The lowest BCUT2D eigenvalue weighted by Crippen LogP contribution is -2.08.